The molecule has 0 atom stereocenters. The van der Waals surface area contributed by atoms with Crippen molar-refractivity contribution in [3.63, 3.8) is 0 Å². The van der Waals surface area contributed by atoms with E-state index in [1.165, 1.54) is 26.4 Å². The molecule has 14 heavy (non-hydrogen) atoms. The van der Waals surface area contributed by atoms with E-state index in [4.69, 9.17) is 0 Å². The van der Waals surface area contributed by atoms with Crippen LogP contribution in [-0.2, 0) is 0 Å². The van der Waals surface area contributed by atoms with Crippen molar-refractivity contribution in [3.8, 4) is 10.4 Å². The van der Waals surface area contributed by atoms with E-state index in [2.05, 4.69) is 51.1 Å². The first-order chi connectivity index (χ1) is 6.66. The molecule has 0 aliphatic carbocycles. The third-order valence-electron chi connectivity index (χ3n) is 2.47. The number of thiophene rings is 1. The molecule has 0 N–H and O–H groups in total. The third-order valence-corrected chi connectivity index (χ3v) is 3.67. The Kier molecular flexibility index (Phi) is 2.42. The van der Waals surface area contributed by atoms with Gasteiger partial charge in [0.05, 0.1) is 0 Å². The number of rotatable bonds is 1. The summed E-state index contributed by atoms with van der Waals surface area (Å²) < 4.78 is 0. The predicted octanol–water partition coefficient (Wildman–Crippen LogP) is 4.34. The Hall–Kier alpha value is -1.08. The average Bonchev–Trinajstić information content (AvgIpc) is 2.47. The van der Waals surface area contributed by atoms with Crippen molar-refractivity contribution >= 4 is 11.3 Å². The summed E-state index contributed by atoms with van der Waals surface area (Å²) in [5.41, 5.74) is 4.06. The molecular formula is C13H14S. The molecule has 1 aromatic carbocycles. The lowest BCUT2D eigenvalue weighted by Crippen LogP contribution is -1.74. The second-order valence-electron chi connectivity index (χ2n) is 3.72. The molecule has 0 unspecified atom stereocenters. The first-order valence-electron chi connectivity index (χ1n) is 4.81. The van der Waals surface area contributed by atoms with E-state index in [9.17, 15) is 0 Å². The lowest BCUT2D eigenvalue weighted by Gasteiger charge is -1.97. The van der Waals surface area contributed by atoms with Crippen LogP contribution in [0.15, 0.2) is 30.3 Å². The second kappa shape index (κ2) is 3.58. The number of hydrogen-bond acceptors (Lipinski definition) is 1. The highest BCUT2D eigenvalue weighted by Gasteiger charge is 2.03. The highest BCUT2D eigenvalue weighted by atomic mass is 32.1. The molecule has 1 heteroatoms. The monoisotopic (exact) mass is 202 g/mol. The summed E-state index contributed by atoms with van der Waals surface area (Å²) in [4.78, 5) is 2.80. The summed E-state index contributed by atoms with van der Waals surface area (Å²) in [6, 6.07) is 10.9. The molecule has 72 valence electrons. The first kappa shape index (κ1) is 9.47. The summed E-state index contributed by atoms with van der Waals surface area (Å²) in [6.07, 6.45) is 0. The summed E-state index contributed by atoms with van der Waals surface area (Å²) in [6.45, 7) is 6.49. The van der Waals surface area contributed by atoms with Crippen LogP contribution in [0.3, 0.4) is 0 Å². The van der Waals surface area contributed by atoms with Crippen molar-refractivity contribution in [1.82, 2.24) is 0 Å². The predicted molar refractivity (Wildman–Crippen MR) is 64.0 cm³/mol. The van der Waals surface area contributed by atoms with E-state index < -0.39 is 0 Å². The third kappa shape index (κ3) is 1.73. The fourth-order valence-corrected chi connectivity index (χ4v) is 2.54. The van der Waals surface area contributed by atoms with Crippen molar-refractivity contribution in [2.24, 2.45) is 0 Å². The minimum Gasteiger partial charge on any atom is -0.140 e. The van der Waals surface area contributed by atoms with Gasteiger partial charge in [0.25, 0.3) is 0 Å². The van der Waals surface area contributed by atoms with E-state index in [1.54, 1.807) is 0 Å². The van der Waals surface area contributed by atoms with Gasteiger partial charge in [-0.15, -0.1) is 11.3 Å². The van der Waals surface area contributed by atoms with Gasteiger partial charge >= 0.3 is 0 Å². The number of hydrogen-bond donors (Lipinski definition) is 0. The second-order valence-corrected chi connectivity index (χ2v) is 4.98. The van der Waals surface area contributed by atoms with Gasteiger partial charge in [0.15, 0.2) is 0 Å². The van der Waals surface area contributed by atoms with Gasteiger partial charge in [0.1, 0.15) is 0 Å². The maximum atomic E-state index is 2.27. The van der Waals surface area contributed by atoms with E-state index >= 15 is 0 Å². The van der Waals surface area contributed by atoms with Crippen molar-refractivity contribution in [3.05, 3.63) is 46.3 Å². The van der Waals surface area contributed by atoms with Gasteiger partial charge in [0, 0.05) is 9.75 Å². The molecule has 1 heterocycles. The first-order valence-corrected chi connectivity index (χ1v) is 5.62. The van der Waals surface area contributed by atoms with Crippen LogP contribution >= 0.6 is 11.3 Å². The Morgan fingerprint density at radius 1 is 1.00 bits per heavy atom. The lowest BCUT2D eigenvalue weighted by molar-refractivity contribution is 1.44. The van der Waals surface area contributed by atoms with Gasteiger partial charge < -0.3 is 0 Å². The molecule has 0 aliphatic heterocycles. The van der Waals surface area contributed by atoms with Gasteiger partial charge in [-0.1, -0.05) is 29.8 Å². The molecule has 0 nitrogen and oxygen atoms in total. The van der Waals surface area contributed by atoms with Gasteiger partial charge in [-0.3, -0.25) is 0 Å². The van der Waals surface area contributed by atoms with E-state index in [1.807, 2.05) is 11.3 Å². The topological polar surface area (TPSA) is 0 Å². The van der Waals surface area contributed by atoms with E-state index in [0.29, 0.717) is 0 Å². The van der Waals surface area contributed by atoms with Crippen LogP contribution in [-0.4, -0.2) is 0 Å². The summed E-state index contributed by atoms with van der Waals surface area (Å²) in [5.74, 6) is 0. The molecule has 1 aromatic heterocycles. The summed E-state index contributed by atoms with van der Waals surface area (Å²) in [5, 5.41) is 0. The minimum absolute atomic E-state index is 1.33. The molecule has 0 saturated carbocycles. The van der Waals surface area contributed by atoms with Crippen LogP contribution in [0.5, 0.6) is 0 Å². The molecule has 0 fully saturated rings. The highest BCUT2D eigenvalue weighted by molar-refractivity contribution is 7.15. The Bertz CT molecular complexity index is 433. The van der Waals surface area contributed by atoms with Crippen molar-refractivity contribution in [2.45, 2.75) is 20.8 Å². The Morgan fingerprint density at radius 2 is 1.79 bits per heavy atom. The molecule has 0 amide bonds. The van der Waals surface area contributed by atoms with Crippen molar-refractivity contribution in [1.29, 1.82) is 0 Å². The maximum absolute atomic E-state index is 2.27. The molecule has 0 radical (unpaired) electrons. The Balaban J connectivity index is 2.49. The van der Waals surface area contributed by atoms with Gasteiger partial charge in [0.2, 0.25) is 0 Å². The number of benzene rings is 1. The largest absolute Gasteiger partial charge is 0.140 e. The molecule has 2 rings (SSSR count). The minimum atomic E-state index is 1.33. The Labute approximate surface area is 89.2 Å². The van der Waals surface area contributed by atoms with Crippen LogP contribution in [0.4, 0.5) is 0 Å². The van der Waals surface area contributed by atoms with Crippen molar-refractivity contribution < 1.29 is 0 Å². The average molecular weight is 202 g/mol. The van der Waals surface area contributed by atoms with Crippen LogP contribution in [0.2, 0.25) is 0 Å². The standard InChI is InChI=1S/C13H14S/c1-9-5-4-6-12(7-9)13-8-10(2)11(3)14-13/h4-8H,1-3H3. The van der Waals surface area contributed by atoms with E-state index in [0.717, 1.165) is 0 Å². The molecule has 0 spiro atoms. The zero-order chi connectivity index (χ0) is 10.1. The van der Waals surface area contributed by atoms with Crippen LogP contribution in [0, 0.1) is 20.8 Å². The van der Waals surface area contributed by atoms with E-state index in [-0.39, 0.29) is 0 Å². The van der Waals surface area contributed by atoms with Gasteiger partial charge in [-0.2, -0.15) is 0 Å². The fraction of sp³-hybridized carbons (Fsp3) is 0.231. The van der Waals surface area contributed by atoms with Crippen LogP contribution in [0.25, 0.3) is 10.4 Å². The molecular weight excluding hydrogens is 188 g/mol. The molecule has 2 aromatic rings. The van der Waals surface area contributed by atoms with Crippen molar-refractivity contribution in [2.75, 3.05) is 0 Å². The molecule has 0 saturated heterocycles. The fourth-order valence-electron chi connectivity index (χ4n) is 1.51. The highest BCUT2D eigenvalue weighted by Crippen LogP contribution is 2.30. The quantitative estimate of drug-likeness (QED) is 0.645. The van der Waals surface area contributed by atoms with Crippen LogP contribution in [0.1, 0.15) is 16.0 Å². The zero-order valence-electron chi connectivity index (χ0n) is 8.79. The lowest BCUT2D eigenvalue weighted by atomic mass is 10.1. The molecule has 0 aliphatic rings. The zero-order valence-corrected chi connectivity index (χ0v) is 9.61. The number of aryl methyl sites for hydroxylation is 3. The summed E-state index contributed by atoms with van der Waals surface area (Å²) >= 11 is 1.88. The maximum Gasteiger partial charge on any atom is 0.0348 e. The van der Waals surface area contributed by atoms with Crippen LogP contribution < -0.4 is 0 Å². The van der Waals surface area contributed by atoms with Gasteiger partial charge in [-0.05, 0) is 38.0 Å². The Morgan fingerprint density at radius 3 is 2.36 bits per heavy atom. The van der Waals surface area contributed by atoms with Gasteiger partial charge in [-0.25, -0.2) is 0 Å². The summed E-state index contributed by atoms with van der Waals surface area (Å²) in [7, 11) is 0. The normalized spacial score (nSPS) is 10.5. The smallest absolute Gasteiger partial charge is 0.0348 e. The SMILES string of the molecule is Cc1cccc(-c2cc(C)c(C)s2)c1. The molecule has 0 bridgehead atoms.